The Labute approximate surface area is 98.5 Å². The van der Waals surface area contributed by atoms with Crippen molar-refractivity contribution in [2.75, 3.05) is 13.6 Å². The van der Waals surface area contributed by atoms with Gasteiger partial charge in [0.05, 0.1) is 6.07 Å². The van der Waals surface area contributed by atoms with Crippen LogP contribution < -0.4 is 0 Å². The van der Waals surface area contributed by atoms with Crippen molar-refractivity contribution in [3.8, 4) is 6.07 Å². The van der Waals surface area contributed by atoms with E-state index in [1.807, 2.05) is 0 Å². The molecule has 0 aliphatic heterocycles. The van der Waals surface area contributed by atoms with Crippen LogP contribution in [0, 0.1) is 32.1 Å². The van der Waals surface area contributed by atoms with Crippen LogP contribution >= 0.6 is 0 Å². The summed E-state index contributed by atoms with van der Waals surface area (Å²) in [6, 6.07) is 6.55. The van der Waals surface area contributed by atoms with E-state index in [4.69, 9.17) is 5.26 Å². The second-order valence-corrected chi connectivity index (χ2v) is 4.44. The van der Waals surface area contributed by atoms with Gasteiger partial charge >= 0.3 is 0 Å². The first-order valence-corrected chi connectivity index (χ1v) is 5.67. The molecule has 86 valence electrons. The summed E-state index contributed by atoms with van der Waals surface area (Å²) in [4.78, 5) is 2.19. The zero-order chi connectivity index (χ0) is 12.1. The molecule has 0 saturated heterocycles. The van der Waals surface area contributed by atoms with Crippen LogP contribution in [0.3, 0.4) is 0 Å². The topological polar surface area (TPSA) is 27.0 Å². The van der Waals surface area contributed by atoms with Gasteiger partial charge in [0.25, 0.3) is 0 Å². The molecule has 1 aromatic rings. The molecular weight excluding hydrogens is 196 g/mol. The maximum Gasteiger partial charge on any atom is 0.0635 e. The van der Waals surface area contributed by atoms with Crippen molar-refractivity contribution < 1.29 is 0 Å². The molecule has 0 aliphatic carbocycles. The van der Waals surface area contributed by atoms with Gasteiger partial charge in [0.15, 0.2) is 0 Å². The summed E-state index contributed by atoms with van der Waals surface area (Å²) in [7, 11) is 2.06. The molecule has 1 rings (SSSR count). The molecule has 1 aromatic carbocycles. The Morgan fingerprint density at radius 2 is 1.88 bits per heavy atom. The first kappa shape index (κ1) is 12.7. The second kappa shape index (κ2) is 5.67. The van der Waals surface area contributed by atoms with Gasteiger partial charge in [0.1, 0.15) is 0 Å². The van der Waals surface area contributed by atoms with Crippen LogP contribution in [0.1, 0.15) is 28.7 Å². The Hall–Kier alpha value is -1.33. The van der Waals surface area contributed by atoms with Gasteiger partial charge in [-0.25, -0.2) is 0 Å². The monoisotopic (exact) mass is 216 g/mol. The third-order valence-corrected chi connectivity index (χ3v) is 3.22. The van der Waals surface area contributed by atoms with Crippen molar-refractivity contribution in [2.24, 2.45) is 0 Å². The first-order valence-electron chi connectivity index (χ1n) is 5.67. The summed E-state index contributed by atoms with van der Waals surface area (Å²) in [6.45, 7) is 8.25. The van der Waals surface area contributed by atoms with E-state index in [0.717, 1.165) is 13.1 Å². The van der Waals surface area contributed by atoms with E-state index in [9.17, 15) is 0 Å². The Morgan fingerprint density at radius 3 is 2.50 bits per heavy atom. The normalized spacial score (nSPS) is 10.5. The van der Waals surface area contributed by atoms with Crippen LogP contribution in [0.2, 0.25) is 0 Å². The van der Waals surface area contributed by atoms with E-state index in [2.05, 4.69) is 50.9 Å². The molecule has 0 spiro atoms. The lowest BCUT2D eigenvalue weighted by Gasteiger charge is -2.18. The lowest BCUT2D eigenvalue weighted by molar-refractivity contribution is 0.334. The van der Waals surface area contributed by atoms with Gasteiger partial charge in [-0.3, -0.25) is 0 Å². The minimum absolute atomic E-state index is 0.598. The highest BCUT2D eigenvalue weighted by Gasteiger charge is 2.06. The van der Waals surface area contributed by atoms with Crippen LogP contribution in [-0.2, 0) is 6.54 Å². The highest BCUT2D eigenvalue weighted by molar-refractivity contribution is 5.38. The summed E-state index contributed by atoms with van der Waals surface area (Å²) in [6.07, 6.45) is 0.598. The summed E-state index contributed by atoms with van der Waals surface area (Å²) >= 11 is 0. The van der Waals surface area contributed by atoms with Crippen molar-refractivity contribution in [2.45, 2.75) is 33.7 Å². The van der Waals surface area contributed by atoms with E-state index < -0.39 is 0 Å². The first-order chi connectivity index (χ1) is 7.56. The fourth-order valence-corrected chi connectivity index (χ4v) is 1.79. The van der Waals surface area contributed by atoms with Crippen LogP contribution in [0.25, 0.3) is 0 Å². The highest BCUT2D eigenvalue weighted by atomic mass is 15.1. The fourth-order valence-electron chi connectivity index (χ4n) is 1.79. The van der Waals surface area contributed by atoms with E-state index in [1.54, 1.807) is 0 Å². The molecule has 0 amide bonds. The molecule has 0 bridgehead atoms. The second-order valence-electron chi connectivity index (χ2n) is 4.44. The van der Waals surface area contributed by atoms with Crippen LogP contribution in [-0.4, -0.2) is 18.5 Å². The van der Waals surface area contributed by atoms with Crippen molar-refractivity contribution in [3.63, 3.8) is 0 Å². The molecule has 2 heteroatoms. The molecule has 0 N–H and O–H groups in total. The minimum Gasteiger partial charge on any atom is -0.301 e. The minimum atomic E-state index is 0.598. The lowest BCUT2D eigenvalue weighted by atomic mass is 9.98. The summed E-state index contributed by atoms with van der Waals surface area (Å²) < 4.78 is 0. The zero-order valence-corrected chi connectivity index (χ0v) is 10.7. The van der Waals surface area contributed by atoms with Gasteiger partial charge in [0, 0.05) is 19.5 Å². The Balaban J connectivity index is 2.75. The Kier molecular flexibility index (Phi) is 4.52. The summed E-state index contributed by atoms with van der Waals surface area (Å²) in [5.41, 5.74) is 5.47. The number of rotatable bonds is 4. The maximum absolute atomic E-state index is 8.54. The largest absolute Gasteiger partial charge is 0.301 e. The van der Waals surface area contributed by atoms with Gasteiger partial charge < -0.3 is 4.90 Å². The van der Waals surface area contributed by atoms with Gasteiger partial charge in [-0.05, 0) is 50.1 Å². The van der Waals surface area contributed by atoms with Gasteiger partial charge in [-0.15, -0.1) is 0 Å². The molecule has 0 aliphatic rings. The number of aryl methyl sites for hydroxylation is 1. The number of hydrogen-bond donors (Lipinski definition) is 0. The van der Waals surface area contributed by atoms with Crippen molar-refractivity contribution in [3.05, 3.63) is 34.4 Å². The average Bonchev–Trinajstić information content (AvgIpc) is 2.27. The molecule has 2 nitrogen and oxygen atoms in total. The highest BCUT2D eigenvalue weighted by Crippen LogP contribution is 2.18. The predicted octanol–water partition coefficient (Wildman–Crippen LogP) is 2.96. The van der Waals surface area contributed by atoms with Crippen molar-refractivity contribution in [1.29, 1.82) is 5.26 Å². The number of benzene rings is 1. The van der Waals surface area contributed by atoms with Gasteiger partial charge in [0.2, 0.25) is 0 Å². The molecule has 0 aromatic heterocycles. The van der Waals surface area contributed by atoms with E-state index in [0.29, 0.717) is 6.42 Å². The maximum atomic E-state index is 8.54. The molecule has 0 atom stereocenters. The third-order valence-electron chi connectivity index (χ3n) is 3.22. The molecule has 0 unspecified atom stereocenters. The predicted molar refractivity (Wildman–Crippen MR) is 67.2 cm³/mol. The Morgan fingerprint density at radius 1 is 1.19 bits per heavy atom. The van der Waals surface area contributed by atoms with Crippen molar-refractivity contribution >= 4 is 0 Å². The fraction of sp³-hybridized carbons (Fsp3) is 0.500. The molecular formula is C14H20N2. The lowest BCUT2D eigenvalue weighted by Crippen LogP contribution is -2.19. The average molecular weight is 216 g/mol. The molecule has 16 heavy (non-hydrogen) atoms. The Bertz CT molecular complexity index is 402. The van der Waals surface area contributed by atoms with Crippen LogP contribution in [0.15, 0.2) is 12.1 Å². The van der Waals surface area contributed by atoms with Crippen molar-refractivity contribution in [1.82, 2.24) is 4.90 Å². The van der Waals surface area contributed by atoms with Crippen LogP contribution in [0.4, 0.5) is 0 Å². The molecule has 0 saturated carbocycles. The van der Waals surface area contributed by atoms with E-state index in [1.165, 1.54) is 22.3 Å². The molecule has 0 fully saturated rings. The number of nitriles is 1. The third kappa shape index (κ3) is 3.08. The quantitative estimate of drug-likeness (QED) is 0.773. The molecule has 0 radical (unpaired) electrons. The smallest absolute Gasteiger partial charge is 0.0635 e. The van der Waals surface area contributed by atoms with Crippen LogP contribution in [0.5, 0.6) is 0 Å². The number of hydrogen-bond acceptors (Lipinski definition) is 2. The molecule has 0 heterocycles. The summed E-state index contributed by atoms with van der Waals surface area (Å²) in [5, 5.41) is 8.54. The zero-order valence-electron chi connectivity index (χ0n) is 10.7. The van der Waals surface area contributed by atoms with Gasteiger partial charge in [-0.1, -0.05) is 12.1 Å². The van der Waals surface area contributed by atoms with Gasteiger partial charge in [-0.2, -0.15) is 5.26 Å². The van der Waals surface area contributed by atoms with E-state index >= 15 is 0 Å². The summed E-state index contributed by atoms with van der Waals surface area (Å²) in [5.74, 6) is 0. The standard InChI is InChI=1S/C14H20N2/c1-11-6-7-14(13(3)12(11)2)10-16(4)9-5-8-15/h6-7H,5,9-10H2,1-4H3. The number of nitrogens with zero attached hydrogens (tertiary/aromatic N) is 2. The SMILES string of the molecule is Cc1ccc(CN(C)CCC#N)c(C)c1C. The van der Waals surface area contributed by atoms with E-state index in [-0.39, 0.29) is 0 Å².